The summed E-state index contributed by atoms with van der Waals surface area (Å²) in [5.41, 5.74) is 1.98. The molecular formula is C24H21N7O3. The average molecular weight is 455 g/mol. The molecule has 2 N–H and O–H groups in total. The second-order valence-electron chi connectivity index (χ2n) is 8.54. The van der Waals surface area contributed by atoms with Crippen LogP contribution < -0.4 is 15.4 Å². The van der Waals surface area contributed by atoms with Gasteiger partial charge in [-0.3, -0.25) is 4.79 Å². The molecule has 170 valence electrons. The lowest BCUT2D eigenvalue weighted by Crippen LogP contribution is -2.51. The van der Waals surface area contributed by atoms with Crippen LogP contribution in [0.25, 0.3) is 33.3 Å². The average Bonchev–Trinajstić information content (AvgIpc) is 3.59. The fraction of sp³-hybridized carbons (Fsp3) is 0.292. The maximum absolute atomic E-state index is 12.2. The first-order chi connectivity index (χ1) is 16.6. The Morgan fingerprint density at radius 1 is 1.21 bits per heavy atom. The SMILES string of the molecule is CNc1ncc(-c2nc3cc(OC4CN(C#N)C4)ccc3o2)c2cc(NC(=O)C3CC3)ncc12. The summed E-state index contributed by atoms with van der Waals surface area (Å²) in [4.78, 5) is 27.5. The maximum Gasteiger partial charge on any atom is 0.229 e. The summed E-state index contributed by atoms with van der Waals surface area (Å²) < 4.78 is 12.0. The van der Waals surface area contributed by atoms with Crippen molar-refractivity contribution in [3.05, 3.63) is 36.7 Å². The van der Waals surface area contributed by atoms with E-state index in [-0.39, 0.29) is 17.9 Å². The largest absolute Gasteiger partial charge is 0.487 e. The standard InChI is InChI=1S/C24H21N7O3/c1-26-22-17-8-27-21(30-23(32)13-2-3-13)7-16(17)18(9-28-22)24-29-19-6-14(4-5-20(19)34-24)33-15-10-31(11-15)12-25/h4-9,13,15H,2-3,10-11H2,1H3,(H,26,28)(H,27,30,32). The van der Waals surface area contributed by atoms with E-state index < -0.39 is 0 Å². The van der Waals surface area contributed by atoms with Gasteiger partial charge >= 0.3 is 0 Å². The van der Waals surface area contributed by atoms with Gasteiger partial charge in [0.05, 0.1) is 18.7 Å². The number of rotatable bonds is 6. The molecule has 2 fully saturated rings. The fourth-order valence-corrected chi connectivity index (χ4v) is 4.03. The van der Waals surface area contributed by atoms with Crippen molar-refractivity contribution in [3.63, 3.8) is 0 Å². The summed E-state index contributed by atoms with van der Waals surface area (Å²) in [6.45, 7) is 1.17. The van der Waals surface area contributed by atoms with Gasteiger partial charge in [-0.25, -0.2) is 15.0 Å². The van der Waals surface area contributed by atoms with Gasteiger partial charge in [0.25, 0.3) is 0 Å². The van der Waals surface area contributed by atoms with E-state index in [0.29, 0.717) is 53.0 Å². The molecule has 0 atom stereocenters. The third-order valence-corrected chi connectivity index (χ3v) is 6.09. The van der Waals surface area contributed by atoms with E-state index in [9.17, 15) is 4.79 Å². The minimum atomic E-state index is -0.0116. The molecule has 0 unspecified atom stereocenters. The highest BCUT2D eigenvalue weighted by Gasteiger charge is 2.30. The number of likely N-dealkylation sites (tertiary alicyclic amines) is 1. The van der Waals surface area contributed by atoms with Gasteiger partial charge in [0.2, 0.25) is 11.8 Å². The van der Waals surface area contributed by atoms with Gasteiger partial charge in [0, 0.05) is 42.2 Å². The van der Waals surface area contributed by atoms with Gasteiger partial charge in [-0.1, -0.05) is 0 Å². The Balaban J connectivity index is 1.35. The molecule has 1 saturated carbocycles. The summed E-state index contributed by atoms with van der Waals surface area (Å²) in [6.07, 6.45) is 7.33. The zero-order valence-electron chi connectivity index (χ0n) is 18.4. The molecule has 4 heterocycles. The predicted octanol–water partition coefficient (Wildman–Crippen LogP) is 3.37. The van der Waals surface area contributed by atoms with E-state index in [1.54, 1.807) is 24.3 Å². The molecule has 10 heteroatoms. The summed E-state index contributed by atoms with van der Waals surface area (Å²) >= 11 is 0. The van der Waals surface area contributed by atoms with Gasteiger partial charge in [-0.05, 0) is 31.0 Å². The van der Waals surface area contributed by atoms with Crippen molar-refractivity contribution in [2.24, 2.45) is 5.92 Å². The first kappa shape index (κ1) is 20.2. The number of nitrogens with zero attached hydrogens (tertiary/aromatic N) is 5. The van der Waals surface area contributed by atoms with Crippen LogP contribution >= 0.6 is 0 Å². The normalized spacial score (nSPS) is 15.7. The van der Waals surface area contributed by atoms with Crippen molar-refractivity contribution >= 4 is 39.4 Å². The van der Waals surface area contributed by atoms with Gasteiger partial charge in [-0.2, -0.15) is 5.26 Å². The topological polar surface area (TPSA) is 129 Å². The number of nitrogens with one attached hydrogen (secondary N) is 2. The number of ether oxygens (including phenoxy) is 1. The van der Waals surface area contributed by atoms with Crippen molar-refractivity contribution < 1.29 is 13.9 Å². The molecule has 10 nitrogen and oxygen atoms in total. The van der Waals surface area contributed by atoms with Crippen molar-refractivity contribution in [2.75, 3.05) is 30.8 Å². The van der Waals surface area contributed by atoms with Crippen molar-refractivity contribution in [1.29, 1.82) is 5.26 Å². The number of amides is 1. The lowest BCUT2D eigenvalue weighted by Gasteiger charge is -2.34. The highest BCUT2D eigenvalue weighted by molar-refractivity contribution is 6.03. The number of nitriles is 1. The Kier molecular flexibility index (Phi) is 4.69. The predicted molar refractivity (Wildman–Crippen MR) is 125 cm³/mol. The van der Waals surface area contributed by atoms with Gasteiger partial charge in [0.1, 0.15) is 29.0 Å². The van der Waals surface area contributed by atoms with Crippen molar-refractivity contribution in [2.45, 2.75) is 18.9 Å². The first-order valence-electron chi connectivity index (χ1n) is 11.1. The van der Waals surface area contributed by atoms with Crippen LogP contribution in [0, 0.1) is 17.4 Å². The number of hydrogen-bond donors (Lipinski definition) is 2. The van der Waals surface area contributed by atoms with E-state index >= 15 is 0 Å². The number of aromatic nitrogens is 3. The molecule has 0 spiro atoms. The smallest absolute Gasteiger partial charge is 0.229 e. The summed E-state index contributed by atoms with van der Waals surface area (Å²) in [5.74, 6) is 2.33. The molecule has 0 bridgehead atoms. The van der Waals surface area contributed by atoms with Crippen LogP contribution in [-0.4, -0.2) is 52.0 Å². The molecule has 1 aliphatic carbocycles. The maximum atomic E-state index is 12.2. The summed E-state index contributed by atoms with van der Waals surface area (Å²) in [6, 6.07) is 7.32. The first-order valence-corrected chi connectivity index (χ1v) is 11.1. The number of hydrogen-bond acceptors (Lipinski definition) is 9. The van der Waals surface area contributed by atoms with Crippen molar-refractivity contribution in [3.8, 4) is 23.4 Å². The molecule has 3 aromatic heterocycles. The molecule has 6 rings (SSSR count). The van der Waals surface area contributed by atoms with E-state index in [4.69, 9.17) is 14.4 Å². The second-order valence-corrected chi connectivity index (χ2v) is 8.54. The molecule has 1 aliphatic heterocycles. The van der Waals surface area contributed by atoms with Crippen LogP contribution in [0.1, 0.15) is 12.8 Å². The molecule has 2 aliphatic rings. The minimum absolute atomic E-state index is 0.00459. The van der Waals surface area contributed by atoms with Gasteiger partial charge in [0.15, 0.2) is 11.8 Å². The number of pyridine rings is 2. The Morgan fingerprint density at radius 3 is 2.82 bits per heavy atom. The molecular weight excluding hydrogens is 434 g/mol. The van der Waals surface area contributed by atoms with Crippen LogP contribution in [0.2, 0.25) is 0 Å². The van der Waals surface area contributed by atoms with E-state index in [2.05, 4.69) is 31.8 Å². The quantitative estimate of drug-likeness (QED) is 0.420. The molecule has 0 radical (unpaired) electrons. The van der Waals surface area contributed by atoms with Crippen LogP contribution in [0.3, 0.4) is 0 Å². The molecule has 1 amide bonds. The zero-order chi connectivity index (χ0) is 23.2. The Hall–Kier alpha value is -4.39. The number of carbonyl (C=O) groups excluding carboxylic acids is 1. The molecule has 1 aromatic carbocycles. The van der Waals surface area contributed by atoms with Crippen molar-refractivity contribution in [1.82, 2.24) is 19.9 Å². The van der Waals surface area contributed by atoms with E-state index in [0.717, 1.165) is 23.6 Å². The molecule has 4 aromatic rings. The van der Waals surface area contributed by atoms with Gasteiger partial charge < -0.3 is 24.7 Å². The van der Waals surface area contributed by atoms with E-state index in [1.807, 2.05) is 24.3 Å². The molecule has 1 saturated heterocycles. The van der Waals surface area contributed by atoms with Crippen LogP contribution in [0.15, 0.2) is 41.1 Å². The van der Waals surface area contributed by atoms with Crippen LogP contribution in [0.4, 0.5) is 11.6 Å². The van der Waals surface area contributed by atoms with Gasteiger partial charge in [-0.15, -0.1) is 0 Å². The van der Waals surface area contributed by atoms with Crippen LogP contribution in [0.5, 0.6) is 5.75 Å². The van der Waals surface area contributed by atoms with E-state index in [1.165, 1.54) is 0 Å². The number of oxazole rings is 1. The monoisotopic (exact) mass is 455 g/mol. The Morgan fingerprint density at radius 2 is 2.06 bits per heavy atom. The fourth-order valence-electron chi connectivity index (χ4n) is 4.03. The summed E-state index contributed by atoms with van der Waals surface area (Å²) in [7, 11) is 1.79. The number of fused-ring (bicyclic) bond motifs is 2. The molecule has 34 heavy (non-hydrogen) atoms. The minimum Gasteiger partial charge on any atom is -0.487 e. The Labute approximate surface area is 194 Å². The Bertz CT molecular complexity index is 1460. The lowest BCUT2D eigenvalue weighted by molar-refractivity contribution is -0.117. The highest BCUT2D eigenvalue weighted by Crippen LogP contribution is 2.35. The number of carbonyl (C=O) groups is 1. The van der Waals surface area contributed by atoms with Crippen LogP contribution in [-0.2, 0) is 4.79 Å². The third kappa shape index (κ3) is 3.61. The summed E-state index contributed by atoms with van der Waals surface area (Å²) in [5, 5.41) is 16.5. The number of benzene rings is 1. The second kappa shape index (κ2) is 7.88. The third-order valence-electron chi connectivity index (χ3n) is 6.09. The highest BCUT2D eigenvalue weighted by atomic mass is 16.5. The lowest BCUT2D eigenvalue weighted by atomic mass is 10.1. The zero-order valence-corrected chi connectivity index (χ0v) is 18.4. The number of anilines is 2.